The lowest BCUT2D eigenvalue weighted by atomic mass is 10.3. The molecular weight excluding hydrogens is 278 g/mol. The topological polar surface area (TPSA) is 60.0 Å². The molecule has 126 valence electrons. The standard InChI is InChI=1S/C16H31N5O/c1-5-6-7-8-18-16(17-4)21-11-9-20(10-12-21)13-15(22)19-14(2)3/h5-6,14H,7-13H2,1-4H3,(H,17,18)(H,19,22). The van der Waals surface area contributed by atoms with Gasteiger partial charge in [-0.15, -0.1) is 0 Å². The van der Waals surface area contributed by atoms with Crippen LogP contribution >= 0.6 is 0 Å². The van der Waals surface area contributed by atoms with Crippen molar-refractivity contribution < 1.29 is 4.79 Å². The molecule has 0 aliphatic carbocycles. The van der Waals surface area contributed by atoms with Crippen LogP contribution in [0.3, 0.4) is 0 Å². The molecule has 2 N–H and O–H groups in total. The first-order chi connectivity index (χ1) is 10.6. The Labute approximate surface area is 134 Å². The van der Waals surface area contributed by atoms with Crippen LogP contribution < -0.4 is 10.6 Å². The van der Waals surface area contributed by atoms with Crippen molar-refractivity contribution in [3.8, 4) is 0 Å². The number of allylic oxidation sites excluding steroid dienone is 1. The lowest BCUT2D eigenvalue weighted by Gasteiger charge is -2.36. The van der Waals surface area contributed by atoms with Gasteiger partial charge in [-0.1, -0.05) is 12.2 Å². The fraction of sp³-hybridized carbons (Fsp3) is 0.750. The van der Waals surface area contributed by atoms with Crippen LogP contribution in [0.5, 0.6) is 0 Å². The van der Waals surface area contributed by atoms with Crippen molar-refractivity contribution in [2.45, 2.75) is 33.2 Å². The second kappa shape index (κ2) is 10.2. The fourth-order valence-corrected chi connectivity index (χ4v) is 2.45. The molecular formula is C16H31N5O. The van der Waals surface area contributed by atoms with E-state index in [1.807, 2.05) is 27.8 Å². The zero-order valence-electron chi connectivity index (χ0n) is 14.4. The number of guanidine groups is 1. The van der Waals surface area contributed by atoms with Gasteiger partial charge >= 0.3 is 0 Å². The Morgan fingerprint density at radius 3 is 2.50 bits per heavy atom. The molecule has 1 fully saturated rings. The predicted octanol–water partition coefficient (Wildman–Crippen LogP) is 0.670. The molecule has 0 aromatic carbocycles. The summed E-state index contributed by atoms with van der Waals surface area (Å²) in [6.45, 7) is 11.0. The summed E-state index contributed by atoms with van der Waals surface area (Å²) in [5.41, 5.74) is 0. The van der Waals surface area contributed by atoms with Gasteiger partial charge in [0.2, 0.25) is 5.91 Å². The summed E-state index contributed by atoms with van der Waals surface area (Å²) >= 11 is 0. The Kier molecular flexibility index (Phi) is 8.58. The summed E-state index contributed by atoms with van der Waals surface area (Å²) in [5.74, 6) is 1.06. The molecule has 0 aromatic rings. The minimum Gasteiger partial charge on any atom is -0.356 e. The van der Waals surface area contributed by atoms with Crippen LogP contribution in [0.1, 0.15) is 27.2 Å². The Balaban J connectivity index is 2.32. The highest BCUT2D eigenvalue weighted by molar-refractivity contribution is 5.80. The van der Waals surface area contributed by atoms with Crippen LogP contribution in [0, 0.1) is 0 Å². The molecule has 0 saturated carbocycles. The van der Waals surface area contributed by atoms with Crippen LogP contribution in [-0.4, -0.2) is 74.0 Å². The number of hydrogen-bond donors (Lipinski definition) is 2. The van der Waals surface area contributed by atoms with E-state index in [1.165, 1.54) is 0 Å². The summed E-state index contributed by atoms with van der Waals surface area (Å²) < 4.78 is 0. The summed E-state index contributed by atoms with van der Waals surface area (Å²) in [4.78, 5) is 20.6. The molecule has 6 heteroatoms. The van der Waals surface area contributed by atoms with E-state index in [-0.39, 0.29) is 11.9 Å². The van der Waals surface area contributed by atoms with Crippen molar-refractivity contribution in [1.82, 2.24) is 20.4 Å². The van der Waals surface area contributed by atoms with Gasteiger partial charge < -0.3 is 15.5 Å². The molecule has 0 aromatic heterocycles. The molecule has 1 amide bonds. The zero-order valence-corrected chi connectivity index (χ0v) is 14.4. The first kappa shape index (κ1) is 18.5. The first-order valence-electron chi connectivity index (χ1n) is 8.15. The van der Waals surface area contributed by atoms with Gasteiger partial charge in [0.1, 0.15) is 0 Å². The van der Waals surface area contributed by atoms with E-state index in [9.17, 15) is 4.79 Å². The first-order valence-corrected chi connectivity index (χ1v) is 8.15. The lowest BCUT2D eigenvalue weighted by Crippen LogP contribution is -2.54. The minimum absolute atomic E-state index is 0.109. The highest BCUT2D eigenvalue weighted by Gasteiger charge is 2.21. The Morgan fingerprint density at radius 2 is 1.95 bits per heavy atom. The van der Waals surface area contributed by atoms with Crippen molar-refractivity contribution in [2.24, 2.45) is 4.99 Å². The van der Waals surface area contributed by atoms with E-state index >= 15 is 0 Å². The SMILES string of the molecule is CC=CCCNC(=NC)N1CCN(CC(=O)NC(C)C)CC1. The number of aliphatic imine (C=N–C) groups is 1. The molecule has 6 nitrogen and oxygen atoms in total. The molecule has 0 atom stereocenters. The van der Waals surface area contributed by atoms with E-state index in [4.69, 9.17) is 0 Å². The minimum atomic E-state index is 0.109. The van der Waals surface area contributed by atoms with Crippen molar-refractivity contribution in [3.05, 3.63) is 12.2 Å². The predicted molar refractivity (Wildman–Crippen MR) is 92.1 cm³/mol. The molecule has 1 aliphatic heterocycles. The monoisotopic (exact) mass is 309 g/mol. The maximum absolute atomic E-state index is 11.8. The number of hydrogen-bond acceptors (Lipinski definition) is 3. The number of piperazine rings is 1. The smallest absolute Gasteiger partial charge is 0.234 e. The number of nitrogens with zero attached hydrogens (tertiary/aromatic N) is 3. The zero-order chi connectivity index (χ0) is 16.4. The maximum Gasteiger partial charge on any atom is 0.234 e. The Bertz CT molecular complexity index is 384. The summed E-state index contributed by atoms with van der Waals surface area (Å²) in [6.07, 6.45) is 5.21. The Morgan fingerprint density at radius 1 is 1.27 bits per heavy atom. The number of carbonyl (C=O) groups is 1. The fourth-order valence-electron chi connectivity index (χ4n) is 2.45. The van der Waals surface area contributed by atoms with Crippen LogP contribution in [-0.2, 0) is 4.79 Å². The number of carbonyl (C=O) groups excluding carboxylic acids is 1. The van der Waals surface area contributed by atoms with Gasteiger partial charge in [0, 0.05) is 45.8 Å². The number of rotatable bonds is 6. The van der Waals surface area contributed by atoms with E-state index in [1.54, 1.807) is 0 Å². The maximum atomic E-state index is 11.8. The number of nitrogens with one attached hydrogen (secondary N) is 2. The van der Waals surface area contributed by atoms with Crippen LogP contribution in [0.4, 0.5) is 0 Å². The molecule has 1 aliphatic rings. The van der Waals surface area contributed by atoms with Crippen LogP contribution in [0.2, 0.25) is 0 Å². The molecule has 0 spiro atoms. The van der Waals surface area contributed by atoms with Crippen molar-refractivity contribution in [3.63, 3.8) is 0 Å². The van der Waals surface area contributed by atoms with E-state index in [2.05, 4.69) is 37.6 Å². The second-order valence-electron chi connectivity index (χ2n) is 5.82. The summed E-state index contributed by atoms with van der Waals surface area (Å²) in [5, 5.41) is 6.32. The third kappa shape index (κ3) is 6.93. The Hall–Kier alpha value is -1.56. The van der Waals surface area contributed by atoms with E-state index in [0.29, 0.717) is 6.54 Å². The highest BCUT2D eigenvalue weighted by atomic mass is 16.2. The molecule has 0 radical (unpaired) electrons. The molecule has 22 heavy (non-hydrogen) atoms. The second-order valence-corrected chi connectivity index (χ2v) is 5.82. The van der Waals surface area contributed by atoms with Gasteiger partial charge in [0.25, 0.3) is 0 Å². The third-order valence-electron chi connectivity index (χ3n) is 3.53. The summed E-state index contributed by atoms with van der Waals surface area (Å²) in [7, 11) is 1.82. The van der Waals surface area contributed by atoms with Crippen molar-refractivity contribution in [2.75, 3.05) is 46.3 Å². The quantitative estimate of drug-likeness (QED) is 0.328. The molecule has 1 rings (SSSR count). The van der Waals surface area contributed by atoms with Crippen molar-refractivity contribution >= 4 is 11.9 Å². The number of amides is 1. The van der Waals surface area contributed by atoms with Crippen molar-refractivity contribution in [1.29, 1.82) is 0 Å². The highest BCUT2D eigenvalue weighted by Crippen LogP contribution is 2.02. The summed E-state index contributed by atoms with van der Waals surface area (Å²) in [6, 6.07) is 0.203. The molecule has 0 bridgehead atoms. The van der Waals surface area contributed by atoms with Gasteiger partial charge in [0.15, 0.2) is 5.96 Å². The van der Waals surface area contributed by atoms with Gasteiger partial charge in [-0.3, -0.25) is 14.7 Å². The van der Waals surface area contributed by atoms with E-state index in [0.717, 1.165) is 45.1 Å². The average molecular weight is 309 g/mol. The van der Waals surface area contributed by atoms with Gasteiger partial charge in [-0.2, -0.15) is 0 Å². The lowest BCUT2D eigenvalue weighted by molar-refractivity contribution is -0.123. The van der Waals surface area contributed by atoms with Gasteiger partial charge in [-0.05, 0) is 27.2 Å². The van der Waals surface area contributed by atoms with Gasteiger partial charge in [0.05, 0.1) is 6.54 Å². The largest absolute Gasteiger partial charge is 0.356 e. The molecule has 1 heterocycles. The third-order valence-corrected chi connectivity index (χ3v) is 3.53. The molecule has 1 saturated heterocycles. The van der Waals surface area contributed by atoms with Gasteiger partial charge in [-0.25, -0.2) is 0 Å². The molecule has 0 unspecified atom stereocenters. The van der Waals surface area contributed by atoms with Crippen LogP contribution in [0.15, 0.2) is 17.1 Å². The normalized spacial score (nSPS) is 17.3. The average Bonchev–Trinajstić information content (AvgIpc) is 2.48. The van der Waals surface area contributed by atoms with Crippen LogP contribution in [0.25, 0.3) is 0 Å². The van der Waals surface area contributed by atoms with E-state index < -0.39 is 0 Å².